The van der Waals surface area contributed by atoms with Crippen molar-refractivity contribution in [1.82, 2.24) is 5.32 Å². The molecule has 0 aliphatic heterocycles. The molecule has 0 amide bonds. The number of hydrogen-bond donors (Lipinski definition) is 3. The molecule has 2 atom stereocenters. The second kappa shape index (κ2) is 5.83. The molecule has 0 aromatic rings. The Hall–Kier alpha value is -0.120. The molecule has 90 valence electrons. The average molecular weight is 214 g/mol. The number of hydrogen-bond acceptors (Lipinski definition) is 3. The van der Waals surface area contributed by atoms with Crippen molar-refractivity contribution < 1.29 is 5.11 Å². The zero-order chi connectivity index (χ0) is 11.3. The van der Waals surface area contributed by atoms with Gasteiger partial charge in [0.25, 0.3) is 0 Å². The molecule has 0 saturated heterocycles. The lowest BCUT2D eigenvalue weighted by Gasteiger charge is -2.36. The van der Waals surface area contributed by atoms with Crippen LogP contribution in [0.2, 0.25) is 0 Å². The summed E-state index contributed by atoms with van der Waals surface area (Å²) in [6, 6.07) is 0.471. The first-order valence-corrected chi connectivity index (χ1v) is 6.30. The predicted molar refractivity (Wildman–Crippen MR) is 63.7 cm³/mol. The molecule has 0 heterocycles. The van der Waals surface area contributed by atoms with Crippen LogP contribution < -0.4 is 11.1 Å². The predicted octanol–water partition coefficient (Wildman–Crippen LogP) is 1.25. The summed E-state index contributed by atoms with van der Waals surface area (Å²) < 4.78 is 0. The van der Waals surface area contributed by atoms with Gasteiger partial charge in [0.1, 0.15) is 0 Å². The van der Waals surface area contributed by atoms with Crippen LogP contribution in [0.15, 0.2) is 0 Å². The first kappa shape index (κ1) is 12.9. The Kier molecular flexibility index (Phi) is 5.03. The van der Waals surface area contributed by atoms with Gasteiger partial charge in [-0.05, 0) is 31.6 Å². The van der Waals surface area contributed by atoms with Crippen LogP contribution >= 0.6 is 0 Å². The van der Waals surface area contributed by atoms with E-state index in [-0.39, 0.29) is 5.54 Å². The van der Waals surface area contributed by atoms with E-state index in [1.807, 2.05) is 0 Å². The lowest BCUT2D eigenvalue weighted by atomic mass is 9.90. The Labute approximate surface area is 93.4 Å². The Balaban J connectivity index is 2.57. The maximum atomic E-state index is 9.28. The summed E-state index contributed by atoms with van der Waals surface area (Å²) in [6.45, 7) is 5.37. The average Bonchev–Trinajstić information content (AvgIpc) is 2.73. The lowest BCUT2D eigenvalue weighted by molar-refractivity contribution is 0.175. The van der Waals surface area contributed by atoms with E-state index >= 15 is 0 Å². The molecule has 0 bridgehead atoms. The number of nitrogens with two attached hydrogens (primary N) is 1. The second-order valence-corrected chi connectivity index (χ2v) is 4.82. The van der Waals surface area contributed by atoms with Crippen LogP contribution in [0.4, 0.5) is 0 Å². The molecule has 0 radical (unpaired) electrons. The molecule has 15 heavy (non-hydrogen) atoms. The lowest BCUT2D eigenvalue weighted by Crippen LogP contribution is -2.55. The molecular weight excluding hydrogens is 188 g/mol. The fourth-order valence-electron chi connectivity index (χ4n) is 2.64. The van der Waals surface area contributed by atoms with Crippen molar-refractivity contribution in [3.8, 4) is 0 Å². The third-order valence-corrected chi connectivity index (χ3v) is 4.13. The maximum Gasteiger partial charge on any atom is 0.0474 e. The fraction of sp³-hybridized carbons (Fsp3) is 1.00. The summed E-state index contributed by atoms with van der Waals surface area (Å²) in [5.41, 5.74) is 5.95. The summed E-state index contributed by atoms with van der Waals surface area (Å²) in [5.74, 6) is 0.439. The van der Waals surface area contributed by atoms with Crippen LogP contribution in [-0.4, -0.2) is 29.8 Å². The van der Waals surface area contributed by atoms with Gasteiger partial charge in [0, 0.05) is 24.7 Å². The number of aliphatic hydroxyl groups excluding tert-OH is 1. The fourth-order valence-corrected chi connectivity index (χ4v) is 2.64. The topological polar surface area (TPSA) is 58.3 Å². The van der Waals surface area contributed by atoms with Gasteiger partial charge in [0.05, 0.1) is 0 Å². The van der Waals surface area contributed by atoms with Gasteiger partial charge in [-0.15, -0.1) is 0 Å². The van der Waals surface area contributed by atoms with E-state index in [2.05, 4.69) is 19.2 Å². The van der Waals surface area contributed by atoms with E-state index in [4.69, 9.17) is 5.73 Å². The van der Waals surface area contributed by atoms with E-state index in [9.17, 15) is 5.11 Å². The first-order valence-electron chi connectivity index (χ1n) is 6.30. The van der Waals surface area contributed by atoms with Gasteiger partial charge >= 0.3 is 0 Å². The minimum Gasteiger partial charge on any atom is -0.396 e. The van der Waals surface area contributed by atoms with Crippen LogP contribution in [0, 0.1) is 5.92 Å². The zero-order valence-corrected chi connectivity index (χ0v) is 10.1. The van der Waals surface area contributed by atoms with Crippen molar-refractivity contribution in [2.75, 3.05) is 13.2 Å². The molecular formula is C12H26N2O. The van der Waals surface area contributed by atoms with Crippen molar-refractivity contribution in [3.05, 3.63) is 0 Å². The van der Waals surface area contributed by atoms with E-state index in [0.29, 0.717) is 25.1 Å². The van der Waals surface area contributed by atoms with Crippen LogP contribution in [0.3, 0.4) is 0 Å². The monoisotopic (exact) mass is 214 g/mol. The standard InChI is InChI=1S/C12H26N2O/c1-3-12(4-2,9-13)14-11-7-5-6-10(11)8-15/h10-11,14-15H,3-9,13H2,1-2H3. The van der Waals surface area contributed by atoms with Gasteiger partial charge < -0.3 is 16.2 Å². The van der Waals surface area contributed by atoms with Crippen LogP contribution in [0.5, 0.6) is 0 Å². The third-order valence-electron chi connectivity index (χ3n) is 4.13. The van der Waals surface area contributed by atoms with Crippen LogP contribution in [0.1, 0.15) is 46.0 Å². The van der Waals surface area contributed by atoms with Gasteiger partial charge in [0.2, 0.25) is 0 Å². The molecule has 0 aromatic heterocycles. The quantitative estimate of drug-likeness (QED) is 0.624. The Morgan fingerprint density at radius 1 is 1.33 bits per heavy atom. The summed E-state index contributed by atoms with van der Waals surface area (Å²) in [7, 11) is 0. The van der Waals surface area contributed by atoms with Crippen molar-refractivity contribution in [2.45, 2.75) is 57.5 Å². The van der Waals surface area contributed by atoms with Gasteiger partial charge in [-0.3, -0.25) is 0 Å². The van der Waals surface area contributed by atoms with Gasteiger partial charge in [-0.25, -0.2) is 0 Å². The number of aliphatic hydroxyl groups is 1. The molecule has 1 rings (SSSR count). The molecule has 2 unspecified atom stereocenters. The number of rotatable bonds is 6. The van der Waals surface area contributed by atoms with Crippen molar-refractivity contribution in [2.24, 2.45) is 11.7 Å². The summed E-state index contributed by atoms with van der Waals surface area (Å²) in [6.07, 6.45) is 5.70. The van der Waals surface area contributed by atoms with Crippen LogP contribution in [-0.2, 0) is 0 Å². The third kappa shape index (κ3) is 2.92. The molecule has 3 heteroatoms. The van der Waals surface area contributed by atoms with Crippen molar-refractivity contribution in [1.29, 1.82) is 0 Å². The Morgan fingerprint density at radius 3 is 2.47 bits per heavy atom. The highest BCUT2D eigenvalue weighted by Gasteiger charge is 2.33. The van der Waals surface area contributed by atoms with Gasteiger partial charge in [-0.1, -0.05) is 20.3 Å². The van der Waals surface area contributed by atoms with E-state index in [1.54, 1.807) is 0 Å². The highest BCUT2D eigenvalue weighted by Crippen LogP contribution is 2.28. The molecule has 1 fully saturated rings. The van der Waals surface area contributed by atoms with E-state index in [0.717, 1.165) is 19.3 Å². The Morgan fingerprint density at radius 2 is 2.00 bits per heavy atom. The summed E-state index contributed by atoms with van der Waals surface area (Å²) in [5, 5.41) is 13.0. The Bertz CT molecular complexity index is 172. The number of nitrogens with one attached hydrogen (secondary N) is 1. The molecule has 4 N–H and O–H groups in total. The van der Waals surface area contributed by atoms with Crippen molar-refractivity contribution >= 4 is 0 Å². The van der Waals surface area contributed by atoms with E-state index in [1.165, 1.54) is 12.8 Å². The largest absolute Gasteiger partial charge is 0.396 e. The SMILES string of the molecule is CCC(CC)(CN)NC1CCCC1CO. The maximum absolute atomic E-state index is 9.28. The molecule has 0 spiro atoms. The minimum absolute atomic E-state index is 0.0857. The molecule has 1 aliphatic rings. The van der Waals surface area contributed by atoms with Crippen LogP contribution in [0.25, 0.3) is 0 Å². The van der Waals surface area contributed by atoms with Crippen molar-refractivity contribution in [3.63, 3.8) is 0 Å². The second-order valence-electron chi connectivity index (χ2n) is 4.82. The molecule has 3 nitrogen and oxygen atoms in total. The molecule has 1 aliphatic carbocycles. The first-order chi connectivity index (χ1) is 7.21. The zero-order valence-electron chi connectivity index (χ0n) is 10.1. The van der Waals surface area contributed by atoms with E-state index < -0.39 is 0 Å². The highest BCUT2D eigenvalue weighted by atomic mass is 16.3. The minimum atomic E-state index is 0.0857. The van der Waals surface area contributed by atoms with Gasteiger partial charge in [-0.2, -0.15) is 0 Å². The highest BCUT2D eigenvalue weighted by molar-refractivity contribution is 4.93. The molecule has 0 aromatic carbocycles. The smallest absolute Gasteiger partial charge is 0.0474 e. The summed E-state index contributed by atoms with van der Waals surface area (Å²) >= 11 is 0. The normalized spacial score (nSPS) is 27.2. The summed E-state index contributed by atoms with van der Waals surface area (Å²) in [4.78, 5) is 0. The van der Waals surface area contributed by atoms with Gasteiger partial charge in [0.15, 0.2) is 0 Å². The molecule has 1 saturated carbocycles.